The van der Waals surface area contributed by atoms with E-state index in [0.29, 0.717) is 24.1 Å². The third kappa shape index (κ3) is 5.16. The quantitative estimate of drug-likeness (QED) is 0.792. The molecule has 2 aromatic carbocycles. The normalized spacial score (nSPS) is 15.4. The van der Waals surface area contributed by atoms with Gasteiger partial charge in [-0.3, -0.25) is 14.5 Å². The SMILES string of the molecule is CCc1cc(CN2CCC(C(=O)O)CC2)cc(NC(=O)c2ccc(F)cc2)c1. The Morgan fingerprint density at radius 1 is 1.11 bits per heavy atom. The number of carbonyl (C=O) groups is 2. The number of benzene rings is 2. The Hall–Kier alpha value is -2.73. The first-order valence-electron chi connectivity index (χ1n) is 9.59. The van der Waals surface area contributed by atoms with Crippen molar-refractivity contribution < 1.29 is 19.1 Å². The van der Waals surface area contributed by atoms with E-state index in [1.54, 1.807) is 0 Å². The number of amides is 1. The van der Waals surface area contributed by atoms with Crippen molar-refractivity contribution in [2.24, 2.45) is 5.92 Å². The summed E-state index contributed by atoms with van der Waals surface area (Å²) in [4.78, 5) is 25.8. The molecular formula is C22H25FN2O3. The van der Waals surface area contributed by atoms with Crippen LogP contribution in [-0.2, 0) is 17.8 Å². The summed E-state index contributed by atoms with van der Waals surface area (Å²) in [6.07, 6.45) is 2.17. The lowest BCUT2D eigenvalue weighted by atomic mass is 9.96. The summed E-state index contributed by atoms with van der Waals surface area (Å²) in [5, 5.41) is 12.0. The molecule has 2 N–H and O–H groups in total. The molecule has 1 aliphatic rings. The van der Waals surface area contributed by atoms with Crippen LogP contribution in [0.1, 0.15) is 41.3 Å². The molecule has 6 heteroatoms. The summed E-state index contributed by atoms with van der Waals surface area (Å²) in [5.74, 6) is -1.61. The lowest BCUT2D eigenvalue weighted by Gasteiger charge is -2.30. The number of piperidine rings is 1. The van der Waals surface area contributed by atoms with Crippen LogP contribution in [-0.4, -0.2) is 35.0 Å². The fourth-order valence-corrected chi connectivity index (χ4v) is 3.53. The van der Waals surface area contributed by atoms with Gasteiger partial charge in [0, 0.05) is 17.8 Å². The Bertz CT molecular complexity index is 843. The highest BCUT2D eigenvalue weighted by Gasteiger charge is 2.24. The number of carboxylic acids is 1. The second-order valence-corrected chi connectivity index (χ2v) is 7.24. The van der Waals surface area contributed by atoms with Crippen LogP contribution in [0.25, 0.3) is 0 Å². The van der Waals surface area contributed by atoms with E-state index >= 15 is 0 Å². The Balaban J connectivity index is 1.69. The Labute approximate surface area is 164 Å². The molecule has 1 aliphatic heterocycles. The van der Waals surface area contributed by atoms with Crippen LogP contribution in [0, 0.1) is 11.7 Å². The average Bonchev–Trinajstić information content (AvgIpc) is 2.68. The van der Waals surface area contributed by atoms with Gasteiger partial charge < -0.3 is 10.4 Å². The highest BCUT2D eigenvalue weighted by molar-refractivity contribution is 6.04. The predicted molar refractivity (Wildman–Crippen MR) is 106 cm³/mol. The van der Waals surface area contributed by atoms with Gasteiger partial charge in [0.1, 0.15) is 5.82 Å². The van der Waals surface area contributed by atoms with Crippen LogP contribution >= 0.6 is 0 Å². The minimum Gasteiger partial charge on any atom is -0.481 e. The number of aliphatic carboxylic acids is 1. The van der Waals surface area contributed by atoms with E-state index in [1.807, 2.05) is 12.1 Å². The monoisotopic (exact) mass is 384 g/mol. The number of anilines is 1. The molecule has 0 unspecified atom stereocenters. The number of halogens is 1. The van der Waals surface area contributed by atoms with Gasteiger partial charge in [-0.05, 0) is 79.9 Å². The zero-order chi connectivity index (χ0) is 20.1. The molecule has 0 saturated carbocycles. The molecule has 1 amide bonds. The number of nitrogens with one attached hydrogen (secondary N) is 1. The number of hydrogen-bond donors (Lipinski definition) is 2. The topological polar surface area (TPSA) is 69.6 Å². The van der Waals surface area contributed by atoms with Gasteiger partial charge >= 0.3 is 5.97 Å². The van der Waals surface area contributed by atoms with Gasteiger partial charge in [-0.25, -0.2) is 4.39 Å². The predicted octanol–water partition coefficient (Wildman–Crippen LogP) is 3.94. The highest BCUT2D eigenvalue weighted by atomic mass is 19.1. The molecule has 0 radical (unpaired) electrons. The number of carbonyl (C=O) groups excluding carboxylic acids is 1. The third-order valence-corrected chi connectivity index (χ3v) is 5.17. The average molecular weight is 384 g/mol. The maximum atomic E-state index is 13.1. The largest absolute Gasteiger partial charge is 0.481 e. The maximum Gasteiger partial charge on any atom is 0.306 e. The van der Waals surface area contributed by atoms with Crippen molar-refractivity contribution in [1.29, 1.82) is 0 Å². The molecule has 5 nitrogen and oxygen atoms in total. The molecule has 0 atom stereocenters. The molecule has 3 rings (SSSR count). The number of carboxylic acid groups (broad SMARTS) is 1. The number of nitrogens with zero attached hydrogens (tertiary/aromatic N) is 1. The van der Waals surface area contributed by atoms with Crippen molar-refractivity contribution in [2.45, 2.75) is 32.7 Å². The fraction of sp³-hybridized carbons (Fsp3) is 0.364. The fourth-order valence-electron chi connectivity index (χ4n) is 3.53. The van der Waals surface area contributed by atoms with Crippen molar-refractivity contribution in [2.75, 3.05) is 18.4 Å². The second-order valence-electron chi connectivity index (χ2n) is 7.24. The minimum atomic E-state index is -0.710. The van der Waals surface area contributed by atoms with Gasteiger partial charge in [-0.1, -0.05) is 13.0 Å². The van der Waals surface area contributed by atoms with Gasteiger partial charge in [-0.15, -0.1) is 0 Å². The summed E-state index contributed by atoms with van der Waals surface area (Å²) in [6, 6.07) is 11.5. The molecule has 28 heavy (non-hydrogen) atoms. The minimum absolute atomic E-state index is 0.246. The summed E-state index contributed by atoms with van der Waals surface area (Å²) < 4.78 is 13.1. The molecule has 1 fully saturated rings. The second kappa shape index (κ2) is 8.97. The van der Waals surface area contributed by atoms with Gasteiger partial charge in [0.25, 0.3) is 5.91 Å². The van der Waals surface area contributed by atoms with Gasteiger partial charge in [-0.2, -0.15) is 0 Å². The molecule has 148 valence electrons. The van der Waals surface area contributed by atoms with Crippen molar-refractivity contribution >= 4 is 17.6 Å². The number of rotatable bonds is 6. The first-order valence-corrected chi connectivity index (χ1v) is 9.59. The number of likely N-dealkylation sites (tertiary alicyclic amines) is 1. The standard InChI is InChI=1S/C22H25FN2O3/c1-2-15-11-16(14-25-9-7-18(8-10-25)22(27)28)13-20(12-15)24-21(26)17-3-5-19(23)6-4-17/h3-6,11-13,18H,2,7-10,14H2,1H3,(H,24,26)(H,27,28). The lowest BCUT2D eigenvalue weighted by molar-refractivity contribution is -0.143. The molecule has 1 heterocycles. The van der Waals surface area contributed by atoms with Crippen molar-refractivity contribution in [1.82, 2.24) is 4.90 Å². The molecule has 0 bridgehead atoms. The van der Waals surface area contributed by atoms with Crippen molar-refractivity contribution in [3.05, 3.63) is 65.0 Å². The first-order chi connectivity index (χ1) is 13.4. The van der Waals surface area contributed by atoms with E-state index in [4.69, 9.17) is 5.11 Å². The molecule has 2 aromatic rings. The van der Waals surface area contributed by atoms with Crippen LogP contribution in [0.5, 0.6) is 0 Å². The number of hydrogen-bond acceptors (Lipinski definition) is 3. The van der Waals surface area contributed by atoms with E-state index in [9.17, 15) is 14.0 Å². The zero-order valence-corrected chi connectivity index (χ0v) is 16.0. The zero-order valence-electron chi connectivity index (χ0n) is 16.0. The summed E-state index contributed by atoms with van der Waals surface area (Å²) >= 11 is 0. The molecule has 0 aromatic heterocycles. The van der Waals surface area contributed by atoms with E-state index in [-0.39, 0.29) is 17.6 Å². The van der Waals surface area contributed by atoms with E-state index < -0.39 is 5.97 Å². The van der Waals surface area contributed by atoms with Crippen LogP contribution in [0.4, 0.5) is 10.1 Å². The van der Waals surface area contributed by atoms with E-state index in [2.05, 4.69) is 23.2 Å². The number of aryl methyl sites for hydroxylation is 1. The Morgan fingerprint density at radius 3 is 2.36 bits per heavy atom. The summed E-state index contributed by atoms with van der Waals surface area (Å²) in [6.45, 7) is 4.29. The van der Waals surface area contributed by atoms with Crippen molar-refractivity contribution in [3.63, 3.8) is 0 Å². The molecular weight excluding hydrogens is 359 g/mol. The van der Waals surface area contributed by atoms with E-state index in [1.165, 1.54) is 24.3 Å². The molecule has 0 aliphatic carbocycles. The van der Waals surface area contributed by atoms with Crippen molar-refractivity contribution in [3.8, 4) is 0 Å². The van der Waals surface area contributed by atoms with Crippen LogP contribution in [0.15, 0.2) is 42.5 Å². The van der Waals surface area contributed by atoms with Crippen LogP contribution in [0.2, 0.25) is 0 Å². The highest BCUT2D eigenvalue weighted by Crippen LogP contribution is 2.22. The Morgan fingerprint density at radius 2 is 1.75 bits per heavy atom. The lowest BCUT2D eigenvalue weighted by Crippen LogP contribution is -2.35. The van der Waals surface area contributed by atoms with Gasteiger partial charge in [0.15, 0.2) is 0 Å². The molecule has 0 spiro atoms. The maximum absolute atomic E-state index is 13.1. The summed E-state index contributed by atoms with van der Waals surface area (Å²) in [5.41, 5.74) is 3.32. The Kier molecular flexibility index (Phi) is 6.41. The van der Waals surface area contributed by atoms with Gasteiger partial charge in [0.2, 0.25) is 0 Å². The van der Waals surface area contributed by atoms with Crippen LogP contribution in [0.3, 0.4) is 0 Å². The third-order valence-electron chi connectivity index (χ3n) is 5.17. The smallest absolute Gasteiger partial charge is 0.306 e. The molecule has 1 saturated heterocycles. The first kappa shape index (κ1) is 20.0. The summed E-state index contributed by atoms with van der Waals surface area (Å²) in [7, 11) is 0. The van der Waals surface area contributed by atoms with Gasteiger partial charge in [0.05, 0.1) is 5.92 Å². The van der Waals surface area contributed by atoms with E-state index in [0.717, 1.165) is 37.2 Å². The van der Waals surface area contributed by atoms with Crippen LogP contribution < -0.4 is 5.32 Å².